The van der Waals surface area contributed by atoms with E-state index in [-0.39, 0.29) is 11.9 Å². The Balaban J connectivity index is 2.47. The molecule has 1 aromatic rings. The van der Waals surface area contributed by atoms with Crippen LogP contribution in [0.25, 0.3) is 0 Å². The third-order valence-corrected chi connectivity index (χ3v) is 3.50. The molecular weight excluding hydrogens is 292 g/mol. The lowest BCUT2D eigenvalue weighted by atomic mass is 10.2. The van der Waals surface area contributed by atoms with E-state index in [1.54, 1.807) is 0 Å². The van der Waals surface area contributed by atoms with E-state index in [1.807, 2.05) is 49.9 Å². The van der Waals surface area contributed by atoms with Crippen LogP contribution >= 0.6 is 15.9 Å². The van der Waals surface area contributed by atoms with Gasteiger partial charge in [-0.2, -0.15) is 0 Å². The van der Waals surface area contributed by atoms with Gasteiger partial charge in [0, 0.05) is 24.1 Å². The Hall–Kier alpha value is -0.870. The van der Waals surface area contributed by atoms with Gasteiger partial charge in [0.05, 0.1) is 6.04 Å². The Morgan fingerprint density at radius 2 is 1.83 bits per heavy atom. The second-order valence-electron chi connectivity index (χ2n) is 4.24. The maximum Gasteiger partial charge on any atom is 0.239 e. The van der Waals surface area contributed by atoms with Gasteiger partial charge in [0.15, 0.2) is 0 Å². The molecule has 0 heterocycles. The van der Waals surface area contributed by atoms with E-state index in [0.717, 1.165) is 17.6 Å². The molecule has 0 aromatic heterocycles. The van der Waals surface area contributed by atoms with Crippen LogP contribution in [-0.2, 0) is 11.3 Å². The first kappa shape index (κ1) is 15.2. The van der Waals surface area contributed by atoms with Crippen LogP contribution in [-0.4, -0.2) is 29.9 Å². The average molecular weight is 313 g/mol. The van der Waals surface area contributed by atoms with Crippen LogP contribution in [0.4, 0.5) is 0 Å². The molecule has 0 aliphatic carbocycles. The van der Waals surface area contributed by atoms with E-state index in [0.29, 0.717) is 6.54 Å². The van der Waals surface area contributed by atoms with E-state index >= 15 is 0 Å². The summed E-state index contributed by atoms with van der Waals surface area (Å²) in [7, 11) is 0. The van der Waals surface area contributed by atoms with E-state index < -0.39 is 0 Å². The number of carbonyl (C=O) groups excluding carboxylic acids is 1. The third-order valence-electron chi connectivity index (χ3n) is 2.97. The summed E-state index contributed by atoms with van der Waals surface area (Å²) in [6.45, 7) is 8.16. The molecule has 0 radical (unpaired) electrons. The fourth-order valence-electron chi connectivity index (χ4n) is 1.77. The summed E-state index contributed by atoms with van der Waals surface area (Å²) in [6.07, 6.45) is 0. The first-order chi connectivity index (χ1) is 8.58. The maximum absolute atomic E-state index is 12.0. The first-order valence-electron chi connectivity index (χ1n) is 6.35. The third kappa shape index (κ3) is 4.42. The number of benzene rings is 1. The van der Waals surface area contributed by atoms with Gasteiger partial charge in [-0.25, -0.2) is 0 Å². The molecule has 1 unspecified atom stereocenters. The smallest absolute Gasteiger partial charge is 0.239 e. The number of amides is 1. The van der Waals surface area contributed by atoms with Crippen LogP contribution in [0.15, 0.2) is 28.7 Å². The van der Waals surface area contributed by atoms with Crippen molar-refractivity contribution in [2.45, 2.75) is 33.4 Å². The average Bonchev–Trinajstić information content (AvgIpc) is 2.39. The van der Waals surface area contributed by atoms with Gasteiger partial charge in [-0.15, -0.1) is 0 Å². The van der Waals surface area contributed by atoms with Crippen LogP contribution in [0.5, 0.6) is 0 Å². The topological polar surface area (TPSA) is 32.3 Å². The van der Waals surface area contributed by atoms with Gasteiger partial charge in [0.25, 0.3) is 0 Å². The van der Waals surface area contributed by atoms with Gasteiger partial charge in [0.2, 0.25) is 5.91 Å². The zero-order valence-electron chi connectivity index (χ0n) is 11.2. The molecule has 0 bridgehead atoms. The van der Waals surface area contributed by atoms with Gasteiger partial charge in [-0.3, -0.25) is 4.79 Å². The second kappa shape index (κ2) is 7.54. The molecule has 4 heteroatoms. The molecule has 0 aliphatic rings. The summed E-state index contributed by atoms with van der Waals surface area (Å²) in [5.74, 6) is 0.164. The number of hydrogen-bond acceptors (Lipinski definition) is 2. The highest BCUT2D eigenvalue weighted by Gasteiger charge is 2.17. The molecule has 3 nitrogen and oxygen atoms in total. The molecule has 0 saturated heterocycles. The maximum atomic E-state index is 12.0. The Morgan fingerprint density at radius 3 is 2.33 bits per heavy atom. The molecular formula is C14H21BrN2O. The molecule has 18 heavy (non-hydrogen) atoms. The predicted molar refractivity (Wildman–Crippen MR) is 78.4 cm³/mol. The number of carbonyl (C=O) groups is 1. The second-order valence-corrected chi connectivity index (χ2v) is 5.16. The largest absolute Gasteiger partial charge is 0.342 e. The summed E-state index contributed by atoms with van der Waals surface area (Å²) in [6, 6.07) is 7.97. The molecule has 0 aliphatic heterocycles. The van der Waals surface area contributed by atoms with Crippen molar-refractivity contribution in [2.75, 3.05) is 13.1 Å². The zero-order valence-corrected chi connectivity index (χ0v) is 12.8. The summed E-state index contributed by atoms with van der Waals surface area (Å²) >= 11 is 3.41. The monoisotopic (exact) mass is 312 g/mol. The molecule has 0 fully saturated rings. The van der Waals surface area contributed by atoms with Gasteiger partial charge in [0.1, 0.15) is 0 Å². The van der Waals surface area contributed by atoms with E-state index in [1.165, 1.54) is 5.56 Å². The van der Waals surface area contributed by atoms with Crippen molar-refractivity contribution in [2.24, 2.45) is 0 Å². The number of likely N-dealkylation sites (N-methyl/N-ethyl adjacent to an activating group) is 1. The number of nitrogens with one attached hydrogen (secondary N) is 1. The number of halogens is 1. The van der Waals surface area contributed by atoms with Crippen LogP contribution in [0, 0.1) is 0 Å². The molecule has 0 saturated carbocycles. The van der Waals surface area contributed by atoms with Crippen molar-refractivity contribution in [3.8, 4) is 0 Å². The van der Waals surface area contributed by atoms with Gasteiger partial charge in [-0.1, -0.05) is 28.1 Å². The van der Waals surface area contributed by atoms with Crippen molar-refractivity contribution < 1.29 is 4.79 Å². The highest BCUT2D eigenvalue weighted by atomic mass is 79.9. The summed E-state index contributed by atoms with van der Waals surface area (Å²) in [4.78, 5) is 13.9. The number of hydrogen-bond donors (Lipinski definition) is 1. The summed E-state index contributed by atoms with van der Waals surface area (Å²) < 4.78 is 1.07. The zero-order chi connectivity index (χ0) is 13.5. The molecule has 100 valence electrons. The Bertz CT molecular complexity index is 374. The lowest BCUT2D eigenvalue weighted by molar-refractivity contribution is -0.132. The van der Waals surface area contributed by atoms with Gasteiger partial charge in [-0.05, 0) is 38.5 Å². The quantitative estimate of drug-likeness (QED) is 0.876. The number of rotatable bonds is 6. The Kier molecular flexibility index (Phi) is 6.36. The van der Waals surface area contributed by atoms with Gasteiger partial charge >= 0.3 is 0 Å². The Morgan fingerprint density at radius 1 is 1.28 bits per heavy atom. The molecule has 1 aromatic carbocycles. The van der Waals surface area contributed by atoms with Crippen molar-refractivity contribution in [1.29, 1.82) is 0 Å². The van der Waals surface area contributed by atoms with Crippen molar-refractivity contribution >= 4 is 21.8 Å². The van der Waals surface area contributed by atoms with E-state index in [4.69, 9.17) is 0 Å². The van der Waals surface area contributed by atoms with Crippen molar-refractivity contribution in [3.05, 3.63) is 34.3 Å². The standard InChI is InChI=1S/C14H21BrN2O/c1-4-17(5-2)14(18)11(3)16-10-12-6-8-13(15)9-7-12/h6-9,11,16H,4-5,10H2,1-3H3. The molecule has 1 atom stereocenters. The van der Waals surface area contributed by atoms with Crippen LogP contribution < -0.4 is 5.32 Å². The lowest BCUT2D eigenvalue weighted by Gasteiger charge is -2.23. The SMILES string of the molecule is CCN(CC)C(=O)C(C)NCc1ccc(Br)cc1. The van der Waals surface area contributed by atoms with Crippen LogP contribution in [0.2, 0.25) is 0 Å². The normalized spacial score (nSPS) is 12.2. The lowest BCUT2D eigenvalue weighted by Crippen LogP contribution is -2.44. The fourth-order valence-corrected chi connectivity index (χ4v) is 2.03. The van der Waals surface area contributed by atoms with Crippen LogP contribution in [0.1, 0.15) is 26.3 Å². The minimum Gasteiger partial charge on any atom is -0.342 e. The van der Waals surface area contributed by atoms with E-state index in [2.05, 4.69) is 21.2 Å². The summed E-state index contributed by atoms with van der Waals surface area (Å²) in [5, 5.41) is 3.26. The first-order valence-corrected chi connectivity index (χ1v) is 7.14. The fraction of sp³-hybridized carbons (Fsp3) is 0.500. The number of nitrogens with zero attached hydrogens (tertiary/aromatic N) is 1. The minimum absolute atomic E-state index is 0.145. The highest BCUT2D eigenvalue weighted by Crippen LogP contribution is 2.10. The molecule has 1 rings (SSSR count). The van der Waals surface area contributed by atoms with Crippen molar-refractivity contribution in [3.63, 3.8) is 0 Å². The van der Waals surface area contributed by atoms with Gasteiger partial charge < -0.3 is 10.2 Å². The van der Waals surface area contributed by atoms with Crippen molar-refractivity contribution in [1.82, 2.24) is 10.2 Å². The molecule has 1 N–H and O–H groups in total. The highest BCUT2D eigenvalue weighted by molar-refractivity contribution is 9.10. The van der Waals surface area contributed by atoms with Crippen LogP contribution in [0.3, 0.4) is 0 Å². The Labute approximate surface area is 118 Å². The summed E-state index contributed by atoms with van der Waals surface area (Å²) in [5.41, 5.74) is 1.18. The van der Waals surface area contributed by atoms with E-state index in [9.17, 15) is 4.79 Å². The minimum atomic E-state index is -0.145. The predicted octanol–water partition coefficient (Wildman–Crippen LogP) is 2.80. The molecule has 1 amide bonds. The molecule has 0 spiro atoms.